The van der Waals surface area contributed by atoms with Crippen LogP contribution in [0.2, 0.25) is 0 Å². The van der Waals surface area contributed by atoms with Crippen molar-refractivity contribution in [1.82, 2.24) is 0 Å². The smallest absolute Gasteiger partial charge is 0.294 e. The van der Waals surface area contributed by atoms with Gasteiger partial charge >= 0.3 is 0 Å². The molecule has 0 saturated heterocycles. The number of carbonyl (C=O) groups is 1. The van der Waals surface area contributed by atoms with Crippen LogP contribution in [0.3, 0.4) is 0 Å². The molecule has 0 fully saturated rings. The molecule has 0 bridgehead atoms. The average Bonchev–Trinajstić information content (AvgIpc) is 2.41. The van der Waals surface area contributed by atoms with Crippen molar-refractivity contribution < 1.29 is 17.8 Å². The first kappa shape index (κ1) is 14.0. The van der Waals surface area contributed by atoms with Crippen LogP contribution in [0, 0.1) is 0 Å². The van der Waals surface area contributed by atoms with Gasteiger partial charge in [-0.2, -0.15) is 8.42 Å². The standard InChI is InChI=1S/C13H12N2O4S/c16-9-14-13-8-11(20(17,18)19)6-7-12(13)15-10-4-2-1-3-5-10/h1-9,15H,(H,14,16)(H,17,18,19). The van der Waals surface area contributed by atoms with E-state index >= 15 is 0 Å². The van der Waals surface area contributed by atoms with Crippen molar-refractivity contribution in [3.8, 4) is 0 Å². The molecule has 0 spiro atoms. The molecule has 0 atom stereocenters. The summed E-state index contributed by atoms with van der Waals surface area (Å²) in [6, 6.07) is 13.1. The van der Waals surface area contributed by atoms with Gasteiger partial charge in [-0.3, -0.25) is 9.35 Å². The lowest BCUT2D eigenvalue weighted by Crippen LogP contribution is -2.03. The zero-order valence-electron chi connectivity index (χ0n) is 10.3. The minimum Gasteiger partial charge on any atom is -0.354 e. The monoisotopic (exact) mass is 292 g/mol. The van der Waals surface area contributed by atoms with Crippen LogP contribution in [-0.4, -0.2) is 19.4 Å². The predicted octanol–water partition coefficient (Wildman–Crippen LogP) is 2.25. The number of hydrogen-bond acceptors (Lipinski definition) is 4. The summed E-state index contributed by atoms with van der Waals surface area (Å²) >= 11 is 0. The van der Waals surface area contributed by atoms with E-state index in [0.29, 0.717) is 12.1 Å². The molecule has 6 nitrogen and oxygen atoms in total. The number of nitrogens with one attached hydrogen (secondary N) is 2. The molecular weight excluding hydrogens is 280 g/mol. The van der Waals surface area contributed by atoms with E-state index in [1.54, 1.807) is 0 Å². The van der Waals surface area contributed by atoms with Crippen LogP contribution >= 0.6 is 0 Å². The van der Waals surface area contributed by atoms with Crippen LogP contribution in [0.5, 0.6) is 0 Å². The number of benzene rings is 2. The summed E-state index contributed by atoms with van der Waals surface area (Å²) in [7, 11) is -4.32. The molecule has 0 aliphatic carbocycles. The van der Waals surface area contributed by atoms with Gasteiger partial charge in [-0.05, 0) is 30.3 Å². The highest BCUT2D eigenvalue weighted by atomic mass is 32.2. The first-order chi connectivity index (χ1) is 9.50. The number of amides is 1. The quantitative estimate of drug-likeness (QED) is 0.580. The van der Waals surface area contributed by atoms with Crippen LogP contribution in [-0.2, 0) is 14.9 Å². The van der Waals surface area contributed by atoms with Gasteiger partial charge in [-0.15, -0.1) is 0 Å². The maximum Gasteiger partial charge on any atom is 0.294 e. The molecular formula is C13H12N2O4S. The van der Waals surface area contributed by atoms with E-state index in [0.717, 1.165) is 5.69 Å². The van der Waals surface area contributed by atoms with E-state index in [1.807, 2.05) is 30.3 Å². The third kappa shape index (κ3) is 3.34. The Balaban J connectivity index is 2.40. The summed E-state index contributed by atoms with van der Waals surface area (Å²) in [5.74, 6) is 0. The fourth-order valence-electron chi connectivity index (χ4n) is 1.65. The normalized spacial score (nSPS) is 10.8. The van der Waals surface area contributed by atoms with Crippen LogP contribution < -0.4 is 10.6 Å². The zero-order chi connectivity index (χ0) is 14.6. The van der Waals surface area contributed by atoms with Crippen molar-refractivity contribution in [2.45, 2.75) is 4.90 Å². The van der Waals surface area contributed by atoms with E-state index < -0.39 is 10.1 Å². The van der Waals surface area contributed by atoms with Gasteiger partial charge in [0.2, 0.25) is 6.41 Å². The maximum atomic E-state index is 11.1. The number of hydrogen-bond donors (Lipinski definition) is 3. The Morgan fingerprint density at radius 2 is 1.70 bits per heavy atom. The summed E-state index contributed by atoms with van der Waals surface area (Å²) in [6.07, 6.45) is 0.430. The van der Waals surface area contributed by atoms with Crippen molar-refractivity contribution >= 4 is 33.6 Å². The van der Waals surface area contributed by atoms with E-state index in [2.05, 4.69) is 10.6 Å². The topological polar surface area (TPSA) is 95.5 Å². The summed E-state index contributed by atoms with van der Waals surface area (Å²) in [5.41, 5.74) is 1.54. The molecule has 2 rings (SSSR count). The first-order valence-electron chi connectivity index (χ1n) is 5.64. The minimum atomic E-state index is -4.32. The predicted molar refractivity (Wildman–Crippen MR) is 75.7 cm³/mol. The molecule has 104 valence electrons. The molecule has 1 amide bonds. The van der Waals surface area contributed by atoms with E-state index in [-0.39, 0.29) is 10.6 Å². The van der Waals surface area contributed by atoms with Gasteiger partial charge in [0.1, 0.15) is 0 Å². The molecule has 7 heteroatoms. The molecule has 20 heavy (non-hydrogen) atoms. The summed E-state index contributed by atoms with van der Waals surface area (Å²) in [5, 5.41) is 5.43. The Labute approximate surface area is 116 Å². The van der Waals surface area contributed by atoms with Gasteiger partial charge in [-0.25, -0.2) is 0 Å². The lowest BCUT2D eigenvalue weighted by Gasteiger charge is -2.12. The van der Waals surface area contributed by atoms with Crippen LogP contribution in [0.25, 0.3) is 0 Å². The Morgan fingerprint density at radius 3 is 2.30 bits per heavy atom. The molecule has 0 radical (unpaired) electrons. The maximum absolute atomic E-state index is 11.1. The number of rotatable bonds is 5. The highest BCUT2D eigenvalue weighted by Gasteiger charge is 2.12. The number of anilines is 3. The lowest BCUT2D eigenvalue weighted by molar-refractivity contribution is -0.105. The Kier molecular flexibility index (Phi) is 4.02. The van der Waals surface area contributed by atoms with Gasteiger partial charge in [-0.1, -0.05) is 18.2 Å². The van der Waals surface area contributed by atoms with E-state index in [1.165, 1.54) is 18.2 Å². The molecule has 0 heterocycles. The van der Waals surface area contributed by atoms with Crippen molar-refractivity contribution in [2.75, 3.05) is 10.6 Å². The molecule has 0 unspecified atom stereocenters. The SMILES string of the molecule is O=CNc1cc(S(=O)(=O)O)ccc1Nc1ccccc1. The second kappa shape index (κ2) is 5.72. The third-order valence-electron chi connectivity index (χ3n) is 2.56. The zero-order valence-corrected chi connectivity index (χ0v) is 11.1. The van der Waals surface area contributed by atoms with Crippen LogP contribution in [0.15, 0.2) is 53.4 Å². The third-order valence-corrected chi connectivity index (χ3v) is 3.41. The van der Waals surface area contributed by atoms with Crippen molar-refractivity contribution in [3.05, 3.63) is 48.5 Å². The van der Waals surface area contributed by atoms with Crippen LogP contribution in [0.4, 0.5) is 17.1 Å². The summed E-state index contributed by atoms with van der Waals surface area (Å²) in [6.45, 7) is 0. The molecule has 2 aromatic carbocycles. The van der Waals surface area contributed by atoms with E-state index in [4.69, 9.17) is 4.55 Å². The van der Waals surface area contributed by atoms with Crippen LogP contribution in [0.1, 0.15) is 0 Å². The van der Waals surface area contributed by atoms with Gasteiger partial charge in [0.05, 0.1) is 16.3 Å². The first-order valence-corrected chi connectivity index (χ1v) is 7.08. The molecule has 0 aliphatic heterocycles. The second-order valence-corrected chi connectivity index (χ2v) is 5.36. The lowest BCUT2D eigenvalue weighted by atomic mass is 10.2. The minimum absolute atomic E-state index is 0.249. The second-order valence-electron chi connectivity index (χ2n) is 3.94. The molecule has 2 aromatic rings. The fourth-order valence-corrected chi connectivity index (χ4v) is 2.16. The Bertz CT molecular complexity index is 714. The van der Waals surface area contributed by atoms with Gasteiger partial charge < -0.3 is 10.6 Å². The number of carbonyl (C=O) groups excluding carboxylic acids is 1. The average molecular weight is 292 g/mol. The summed E-state index contributed by atoms with van der Waals surface area (Å²) < 4.78 is 31.2. The Hall–Kier alpha value is -2.38. The van der Waals surface area contributed by atoms with Gasteiger partial charge in [0.15, 0.2) is 0 Å². The fraction of sp³-hybridized carbons (Fsp3) is 0. The molecule has 0 saturated carbocycles. The van der Waals surface area contributed by atoms with E-state index in [9.17, 15) is 13.2 Å². The molecule has 0 aromatic heterocycles. The van der Waals surface area contributed by atoms with Gasteiger partial charge in [0.25, 0.3) is 10.1 Å². The molecule has 0 aliphatic rings. The number of para-hydroxylation sites is 1. The van der Waals surface area contributed by atoms with Crippen molar-refractivity contribution in [1.29, 1.82) is 0 Å². The molecule has 3 N–H and O–H groups in total. The van der Waals surface area contributed by atoms with Crippen molar-refractivity contribution in [2.24, 2.45) is 0 Å². The van der Waals surface area contributed by atoms with Gasteiger partial charge in [0, 0.05) is 5.69 Å². The van der Waals surface area contributed by atoms with Crippen molar-refractivity contribution in [3.63, 3.8) is 0 Å². The highest BCUT2D eigenvalue weighted by molar-refractivity contribution is 7.85. The largest absolute Gasteiger partial charge is 0.354 e. The summed E-state index contributed by atoms with van der Waals surface area (Å²) in [4.78, 5) is 10.3. The highest BCUT2D eigenvalue weighted by Crippen LogP contribution is 2.28. The Morgan fingerprint density at radius 1 is 1.00 bits per heavy atom.